The molecular formula is C16H22ClFN2O2. The number of ether oxygens (including phenoxy) is 1. The minimum Gasteiger partial charge on any atom is -0.370 e. The van der Waals surface area contributed by atoms with Crippen LogP contribution in [0.25, 0.3) is 0 Å². The van der Waals surface area contributed by atoms with Crippen molar-refractivity contribution in [1.82, 2.24) is 10.2 Å². The lowest BCUT2D eigenvalue weighted by Crippen LogP contribution is -2.52. The summed E-state index contributed by atoms with van der Waals surface area (Å²) < 4.78 is 18.7. The van der Waals surface area contributed by atoms with Crippen LogP contribution in [0.1, 0.15) is 18.6 Å². The van der Waals surface area contributed by atoms with Crippen LogP contribution < -0.4 is 5.32 Å². The number of hydrogen-bond donors (Lipinski definition) is 1. The van der Waals surface area contributed by atoms with Crippen molar-refractivity contribution >= 4 is 18.3 Å². The zero-order valence-electron chi connectivity index (χ0n) is 12.6. The van der Waals surface area contributed by atoms with Crippen LogP contribution in [0.5, 0.6) is 0 Å². The highest BCUT2D eigenvalue weighted by Gasteiger charge is 2.34. The van der Waals surface area contributed by atoms with Gasteiger partial charge in [0.25, 0.3) is 0 Å². The van der Waals surface area contributed by atoms with E-state index in [1.54, 1.807) is 12.1 Å². The van der Waals surface area contributed by atoms with Gasteiger partial charge in [0.2, 0.25) is 5.91 Å². The van der Waals surface area contributed by atoms with Crippen molar-refractivity contribution in [3.63, 3.8) is 0 Å². The molecule has 0 aliphatic carbocycles. The summed E-state index contributed by atoms with van der Waals surface area (Å²) in [4.78, 5) is 14.4. The molecule has 0 bridgehead atoms. The molecule has 2 heterocycles. The third-order valence-corrected chi connectivity index (χ3v) is 4.53. The maximum atomic E-state index is 13.0. The van der Waals surface area contributed by atoms with Crippen molar-refractivity contribution in [3.05, 3.63) is 35.6 Å². The first kappa shape index (κ1) is 17.2. The average Bonchev–Trinajstić information content (AvgIpc) is 2.45. The number of halogens is 2. The highest BCUT2D eigenvalue weighted by atomic mass is 35.5. The second kappa shape index (κ2) is 7.40. The average molecular weight is 329 g/mol. The van der Waals surface area contributed by atoms with Crippen molar-refractivity contribution in [2.24, 2.45) is 11.8 Å². The van der Waals surface area contributed by atoms with E-state index in [0.717, 1.165) is 18.7 Å². The predicted molar refractivity (Wildman–Crippen MR) is 84.4 cm³/mol. The molecule has 2 aliphatic rings. The standard InChI is InChI=1S/C16H21FN2O2.ClH/c1-11(13-8-18-9-13)16(20)19-6-7-21-15(10-19)12-2-4-14(17)5-3-12;/h2-5,11,13,15,18H,6-10H2,1H3;1H. The molecule has 6 heteroatoms. The Bertz CT molecular complexity index is 507. The lowest BCUT2D eigenvalue weighted by molar-refractivity contribution is -0.145. The van der Waals surface area contributed by atoms with Crippen LogP contribution in [0.15, 0.2) is 24.3 Å². The second-order valence-electron chi connectivity index (χ2n) is 5.90. The topological polar surface area (TPSA) is 41.6 Å². The molecule has 122 valence electrons. The number of nitrogens with one attached hydrogen (secondary N) is 1. The Morgan fingerprint density at radius 1 is 1.36 bits per heavy atom. The zero-order valence-corrected chi connectivity index (χ0v) is 13.4. The third kappa shape index (κ3) is 3.59. The summed E-state index contributed by atoms with van der Waals surface area (Å²) in [7, 11) is 0. The first-order valence-electron chi connectivity index (χ1n) is 7.51. The molecule has 1 aromatic carbocycles. The number of nitrogens with zero attached hydrogens (tertiary/aromatic N) is 1. The fourth-order valence-corrected chi connectivity index (χ4v) is 2.88. The largest absolute Gasteiger partial charge is 0.370 e. The van der Waals surface area contributed by atoms with Crippen molar-refractivity contribution in [1.29, 1.82) is 0 Å². The lowest BCUT2D eigenvalue weighted by atomic mass is 9.87. The van der Waals surface area contributed by atoms with Gasteiger partial charge in [-0.1, -0.05) is 19.1 Å². The van der Waals surface area contributed by atoms with E-state index in [1.807, 2.05) is 11.8 Å². The van der Waals surface area contributed by atoms with Crippen LogP contribution in [0, 0.1) is 17.7 Å². The number of benzene rings is 1. The normalized spacial score (nSPS) is 23.4. The van der Waals surface area contributed by atoms with E-state index in [0.29, 0.717) is 25.6 Å². The molecule has 2 atom stereocenters. The minimum atomic E-state index is -0.256. The van der Waals surface area contributed by atoms with Gasteiger partial charge in [0, 0.05) is 12.5 Å². The number of hydrogen-bond acceptors (Lipinski definition) is 3. The summed E-state index contributed by atoms with van der Waals surface area (Å²) in [5.41, 5.74) is 0.923. The molecule has 2 unspecified atom stereocenters. The maximum Gasteiger partial charge on any atom is 0.225 e. The molecule has 0 radical (unpaired) electrons. The second-order valence-corrected chi connectivity index (χ2v) is 5.90. The summed E-state index contributed by atoms with van der Waals surface area (Å²) in [6.07, 6.45) is -0.157. The first-order valence-corrected chi connectivity index (χ1v) is 7.51. The molecule has 2 saturated heterocycles. The fraction of sp³-hybridized carbons (Fsp3) is 0.562. The van der Waals surface area contributed by atoms with Gasteiger partial charge in [-0.25, -0.2) is 4.39 Å². The Morgan fingerprint density at radius 2 is 2.05 bits per heavy atom. The van der Waals surface area contributed by atoms with E-state index >= 15 is 0 Å². The molecule has 0 spiro atoms. The van der Waals surface area contributed by atoms with Crippen molar-refractivity contribution in [3.8, 4) is 0 Å². The molecule has 1 amide bonds. The van der Waals surface area contributed by atoms with Gasteiger partial charge >= 0.3 is 0 Å². The van der Waals surface area contributed by atoms with Crippen molar-refractivity contribution in [2.75, 3.05) is 32.8 Å². The fourth-order valence-electron chi connectivity index (χ4n) is 2.88. The van der Waals surface area contributed by atoms with Gasteiger partial charge in [-0.3, -0.25) is 4.79 Å². The molecule has 1 N–H and O–H groups in total. The van der Waals surface area contributed by atoms with Gasteiger partial charge in [0.1, 0.15) is 11.9 Å². The van der Waals surface area contributed by atoms with E-state index in [1.165, 1.54) is 12.1 Å². The van der Waals surface area contributed by atoms with Gasteiger partial charge in [0.05, 0.1) is 13.2 Å². The van der Waals surface area contributed by atoms with Crippen molar-refractivity contribution < 1.29 is 13.9 Å². The number of rotatable bonds is 3. The Hall–Kier alpha value is -1.17. The first-order chi connectivity index (χ1) is 10.1. The number of amides is 1. The van der Waals surface area contributed by atoms with E-state index in [2.05, 4.69) is 5.32 Å². The molecule has 2 fully saturated rings. The van der Waals surface area contributed by atoms with Gasteiger partial charge in [-0.2, -0.15) is 0 Å². The minimum absolute atomic E-state index is 0. The molecule has 2 aliphatic heterocycles. The van der Waals surface area contributed by atoms with E-state index in [-0.39, 0.29) is 36.2 Å². The summed E-state index contributed by atoms with van der Waals surface area (Å²) in [5, 5.41) is 3.21. The summed E-state index contributed by atoms with van der Waals surface area (Å²) in [6, 6.07) is 6.32. The van der Waals surface area contributed by atoms with Gasteiger partial charge in [-0.15, -0.1) is 12.4 Å². The Balaban J connectivity index is 0.00000176. The summed E-state index contributed by atoms with van der Waals surface area (Å²) in [5.74, 6) is 0.452. The number of morpholine rings is 1. The molecular weight excluding hydrogens is 307 g/mol. The van der Waals surface area contributed by atoms with Crippen LogP contribution in [0.3, 0.4) is 0 Å². The molecule has 0 aromatic heterocycles. The SMILES string of the molecule is CC(C(=O)N1CCOC(c2ccc(F)cc2)C1)C1CNC1.Cl. The Kier molecular flexibility index (Phi) is 5.78. The third-order valence-electron chi connectivity index (χ3n) is 4.53. The monoisotopic (exact) mass is 328 g/mol. The summed E-state index contributed by atoms with van der Waals surface area (Å²) >= 11 is 0. The smallest absolute Gasteiger partial charge is 0.225 e. The van der Waals surface area contributed by atoms with Gasteiger partial charge < -0.3 is 15.0 Å². The van der Waals surface area contributed by atoms with E-state index < -0.39 is 0 Å². The zero-order chi connectivity index (χ0) is 14.8. The molecule has 22 heavy (non-hydrogen) atoms. The molecule has 0 saturated carbocycles. The van der Waals surface area contributed by atoms with E-state index in [9.17, 15) is 9.18 Å². The van der Waals surface area contributed by atoms with Gasteiger partial charge in [-0.05, 0) is 36.7 Å². The molecule has 1 aromatic rings. The van der Waals surface area contributed by atoms with Crippen molar-refractivity contribution in [2.45, 2.75) is 13.0 Å². The molecule has 3 rings (SSSR count). The summed E-state index contributed by atoms with van der Waals surface area (Å²) in [6.45, 7) is 5.59. The Labute approximate surface area is 136 Å². The van der Waals surface area contributed by atoms with E-state index in [4.69, 9.17) is 4.74 Å². The van der Waals surface area contributed by atoms with Gasteiger partial charge in [0.15, 0.2) is 0 Å². The highest BCUT2D eigenvalue weighted by molar-refractivity contribution is 5.85. The predicted octanol–water partition coefficient (Wildman–Crippen LogP) is 2.00. The number of carbonyl (C=O) groups is 1. The molecule has 4 nitrogen and oxygen atoms in total. The van der Waals surface area contributed by atoms with Crippen LogP contribution >= 0.6 is 12.4 Å². The number of carbonyl (C=O) groups excluding carboxylic acids is 1. The van der Waals surface area contributed by atoms with Crippen LogP contribution in [0.4, 0.5) is 4.39 Å². The quantitative estimate of drug-likeness (QED) is 0.923. The lowest BCUT2D eigenvalue weighted by Gasteiger charge is -2.38. The van der Waals surface area contributed by atoms with Crippen LogP contribution in [0.2, 0.25) is 0 Å². The highest BCUT2D eigenvalue weighted by Crippen LogP contribution is 2.25. The van der Waals surface area contributed by atoms with Crippen LogP contribution in [-0.4, -0.2) is 43.6 Å². The Morgan fingerprint density at radius 3 is 2.64 bits per heavy atom. The maximum absolute atomic E-state index is 13.0. The van der Waals surface area contributed by atoms with Crippen LogP contribution in [-0.2, 0) is 9.53 Å².